The van der Waals surface area contributed by atoms with E-state index in [9.17, 15) is 8.42 Å². The van der Waals surface area contributed by atoms with Crippen LogP contribution in [0.5, 0.6) is 0 Å². The van der Waals surface area contributed by atoms with Crippen molar-refractivity contribution in [3.63, 3.8) is 0 Å². The molecule has 0 aliphatic heterocycles. The van der Waals surface area contributed by atoms with Gasteiger partial charge >= 0.3 is 0 Å². The molecule has 0 fully saturated rings. The molecule has 0 bridgehead atoms. The van der Waals surface area contributed by atoms with Crippen LogP contribution in [0.4, 0.5) is 0 Å². The van der Waals surface area contributed by atoms with E-state index < -0.39 is 10.1 Å². The number of rotatable bonds is 21. The Bertz CT molecular complexity index is 631. The van der Waals surface area contributed by atoms with E-state index in [1.807, 2.05) is 6.92 Å². The number of aryl methyl sites for hydroxylation is 1. The van der Waals surface area contributed by atoms with Gasteiger partial charge in [-0.25, -0.2) is 0 Å². The molecule has 0 amide bonds. The van der Waals surface area contributed by atoms with Crippen molar-refractivity contribution in [3.8, 4) is 0 Å². The molecule has 0 aliphatic rings. The van der Waals surface area contributed by atoms with Gasteiger partial charge in [-0.05, 0) is 31.9 Å². The minimum absolute atomic E-state index is 0.244. The molecule has 0 saturated heterocycles. The molecular weight excluding hydrogens is 444 g/mol. The molecule has 0 spiro atoms. The summed E-state index contributed by atoms with van der Waals surface area (Å²) in [6.07, 6.45) is 22.7. The van der Waals surface area contributed by atoms with E-state index in [0.29, 0.717) is 6.61 Å². The van der Waals surface area contributed by atoms with Crippen molar-refractivity contribution in [2.24, 2.45) is 0 Å². The summed E-state index contributed by atoms with van der Waals surface area (Å²) in [6.45, 7) is 7.06. The van der Waals surface area contributed by atoms with Gasteiger partial charge in [0.05, 0.1) is 11.5 Å². The maximum Gasteiger partial charge on any atom is 0.296 e. The Kier molecular flexibility index (Phi) is 23.2. The Balaban J connectivity index is 0.000000770. The van der Waals surface area contributed by atoms with Crippen molar-refractivity contribution in [2.75, 3.05) is 13.2 Å². The van der Waals surface area contributed by atoms with Gasteiger partial charge in [-0.2, -0.15) is 8.42 Å². The Morgan fingerprint density at radius 3 is 1.41 bits per heavy atom. The topological polar surface area (TPSA) is 63.6 Å². The SMILES string of the molecule is CCCCCCCCCCCO.CCCCCCCCCCCOS(=O)(=O)c1ccc(C)cc1. The molecule has 0 radical (unpaired) electrons. The van der Waals surface area contributed by atoms with Crippen molar-refractivity contribution >= 4 is 10.1 Å². The molecule has 0 saturated carbocycles. The van der Waals surface area contributed by atoms with Gasteiger partial charge in [0.15, 0.2) is 0 Å². The Morgan fingerprint density at radius 1 is 0.618 bits per heavy atom. The lowest BCUT2D eigenvalue weighted by Gasteiger charge is -2.06. The van der Waals surface area contributed by atoms with E-state index in [2.05, 4.69) is 13.8 Å². The summed E-state index contributed by atoms with van der Waals surface area (Å²) in [7, 11) is -3.58. The van der Waals surface area contributed by atoms with Gasteiger partial charge in [0.1, 0.15) is 0 Å². The van der Waals surface area contributed by atoms with Crippen LogP contribution in [0.2, 0.25) is 0 Å². The second kappa shape index (κ2) is 23.8. The smallest absolute Gasteiger partial charge is 0.296 e. The van der Waals surface area contributed by atoms with Crippen LogP contribution < -0.4 is 0 Å². The number of aliphatic hydroxyl groups is 1. The summed E-state index contributed by atoms with van der Waals surface area (Å²) in [6, 6.07) is 6.77. The lowest BCUT2D eigenvalue weighted by molar-refractivity contribution is 0.282. The third-order valence-electron chi connectivity index (χ3n) is 6.06. The number of unbranched alkanes of at least 4 members (excludes halogenated alkanes) is 16. The van der Waals surface area contributed by atoms with E-state index in [1.54, 1.807) is 24.3 Å². The second-order valence-corrected chi connectivity index (χ2v) is 11.1. The zero-order valence-corrected chi connectivity index (χ0v) is 23.3. The van der Waals surface area contributed by atoms with Crippen LogP contribution in [0.1, 0.15) is 135 Å². The fourth-order valence-electron chi connectivity index (χ4n) is 3.78. The molecule has 5 heteroatoms. The van der Waals surface area contributed by atoms with Crippen LogP contribution in [0.15, 0.2) is 29.2 Å². The largest absolute Gasteiger partial charge is 0.396 e. The highest BCUT2D eigenvalue weighted by Crippen LogP contribution is 2.15. The molecule has 1 aromatic carbocycles. The minimum Gasteiger partial charge on any atom is -0.396 e. The Morgan fingerprint density at radius 2 is 1.00 bits per heavy atom. The minimum atomic E-state index is -3.58. The van der Waals surface area contributed by atoms with Crippen LogP contribution in [0, 0.1) is 6.92 Å². The first-order valence-electron chi connectivity index (χ1n) is 14.0. The summed E-state index contributed by atoms with van der Waals surface area (Å²) < 4.78 is 29.0. The van der Waals surface area contributed by atoms with Crippen LogP contribution >= 0.6 is 0 Å². The van der Waals surface area contributed by atoms with Crippen molar-refractivity contribution < 1.29 is 17.7 Å². The standard InChI is InChI=1S/C18H30O3S.C11H24O/c1-3-4-5-6-7-8-9-10-11-16-21-22(19,20)18-14-12-17(2)13-15-18;1-2-3-4-5-6-7-8-9-10-11-12/h12-15H,3-11,16H2,1-2H3;12H,2-11H2,1H3. The van der Waals surface area contributed by atoms with E-state index in [1.165, 1.54) is 96.3 Å². The predicted molar refractivity (Wildman–Crippen MR) is 146 cm³/mol. The fraction of sp³-hybridized carbons (Fsp3) is 0.793. The molecule has 200 valence electrons. The molecule has 0 aliphatic carbocycles. The normalized spacial score (nSPS) is 11.3. The fourth-order valence-corrected chi connectivity index (χ4v) is 4.72. The zero-order valence-electron chi connectivity index (χ0n) is 22.5. The summed E-state index contributed by atoms with van der Waals surface area (Å²) in [5, 5.41) is 8.54. The van der Waals surface area contributed by atoms with Crippen molar-refractivity contribution in [1.29, 1.82) is 0 Å². The third kappa shape index (κ3) is 20.5. The zero-order chi connectivity index (χ0) is 25.3. The van der Waals surface area contributed by atoms with Crippen LogP contribution in [0.25, 0.3) is 0 Å². The van der Waals surface area contributed by atoms with Crippen LogP contribution in [-0.2, 0) is 14.3 Å². The van der Waals surface area contributed by atoms with Gasteiger partial charge in [0.25, 0.3) is 10.1 Å². The van der Waals surface area contributed by atoms with E-state index in [-0.39, 0.29) is 11.5 Å². The molecule has 4 nitrogen and oxygen atoms in total. The molecule has 0 unspecified atom stereocenters. The van der Waals surface area contributed by atoms with E-state index >= 15 is 0 Å². The number of aliphatic hydroxyl groups excluding tert-OH is 1. The first-order chi connectivity index (χ1) is 16.5. The average Bonchev–Trinajstić information content (AvgIpc) is 2.83. The van der Waals surface area contributed by atoms with E-state index in [4.69, 9.17) is 9.29 Å². The first kappa shape index (κ1) is 33.1. The second-order valence-electron chi connectivity index (χ2n) is 9.47. The van der Waals surface area contributed by atoms with Crippen molar-refractivity contribution in [3.05, 3.63) is 29.8 Å². The van der Waals surface area contributed by atoms with Crippen molar-refractivity contribution in [2.45, 2.75) is 141 Å². The molecule has 34 heavy (non-hydrogen) atoms. The maximum atomic E-state index is 12.0. The van der Waals surface area contributed by atoms with Gasteiger partial charge in [0.2, 0.25) is 0 Å². The van der Waals surface area contributed by atoms with E-state index in [0.717, 1.165) is 24.8 Å². The molecule has 1 aromatic rings. The van der Waals surface area contributed by atoms with Crippen molar-refractivity contribution in [1.82, 2.24) is 0 Å². The summed E-state index contributed by atoms with van der Waals surface area (Å²) in [5.74, 6) is 0. The maximum absolute atomic E-state index is 12.0. The quantitative estimate of drug-likeness (QED) is 0.136. The summed E-state index contributed by atoms with van der Waals surface area (Å²) >= 11 is 0. The van der Waals surface area contributed by atoms with Gasteiger partial charge in [-0.15, -0.1) is 0 Å². The van der Waals surface area contributed by atoms with Crippen LogP contribution in [0.3, 0.4) is 0 Å². The lowest BCUT2D eigenvalue weighted by atomic mass is 10.1. The third-order valence-corrected chi connectivity index (χ3v) is 7.38. The molecule has 1 rings (SSSR count). The summed E-state index contributed by atoms with van der Waals surface area (Å²) in [5.41, 5.74) is 1.04. The number of benzene rings is 1. The molecule has 0 heterocycles. The highest BCUT2D eigenvalue weighted by atomic mass is 32.2. The highest BCUT2D eigenvalue weighted by Gasteiger charge is 2.14. The average molecular weight is 499 g/mol. The number of hydrogen-bond donors (Lipinski definition) is 1. The monoisotopic (exact) mass is 498 g/mol. The van der Waals surface area contributed by atoms with Gasteiger partial charge in [-0.3, -0.25) is 4.18 Å². The molecule has 0 atom stereocenters. The lowest BCUT2D eigenvalue weighted by Crippen LogP contribution is -2.07. The number of hydrogen-bond acceptors (Lipinski definition) is 4. The highest BCUT2D eigenvalue weighted by molar-refractivity contribution is 7.86. The van der Waals surface area contributed by atoms with Gasteiger partial charge < -0.3 is 5.11 Å². The molecular formula is C29H54O4S. The van der Waals surface area contributed by atoms with Gasteiger partial charge in [0, 0.05) is 6.61 Å². The Hall–Kier alpha value is -0.910. The molecule has 0 aromatic heterocycles. The van der Waals surface area contributed by atoms with Gasteiger partial charge in [-0.1, -0.05) is 134 Å². The Labute approximate surface area is 212 Å². The summed E-state index contributed by atoms with van der Waals surface area (Å²) in [4.78, 5) is 0.244. The molecule has 1 N–H and O–H groups in total. The predicted octanol–water partition coefficient (Wildman–Crippen LogP) is 8.74. The first-order valence-corrected chi connectivity index (χ1v) is 15.5. The van der Waals surface area contributed by atoms with Crippen LogP contribution in [-0.4, -0.2) is 26.7 Å².